The van der Waals surface area contributed by atoms with Crippen LogP contribution >= 0.6 is 11.8 Å². The number of anilines is 1. The molecule has 0 bridgehead atoms. The van der Waals surface area contributed by atoms with E-state index >= 15 is 0 Å². The molecular formula is C18H14N4O3S. The molecule has 3 rings (SSSR count). The van der Waals surface area contributed by atoms with Crippen molar-refractivity contribution in [3.05, 3.63) is 76.8 Å². The Morgan fingerprint density at radius 1 is 1.00 bits per heavy atom. The molecule has 8 heteroatoms. The maximum Gasteiger partial charge on any atom is 0.269 e. The second kappa shape index (κ2) is 8.21. The SMILES string of the molecule is O=C(CSc1ccc(-c2ccc([N+](=O)[O-])cc2)nn1)Nc1ccccc1. The molecule has 26 heavy (non-hydrogen) atoms. The number of rotatable bonds is 6. The van der Waals surface area contributed by atoms with E-state index in [2.05, 4.69) is 15.5 Å². The number of hydrogen-bond donors (Lipinski definition) is 1. The topological polar surface area (TPSA) is 98.0 Å². The maximum atomic E-state index is 11.9. The van der Waals surface area contributed by atoms with E-state index < -0.39 is 4.92 Å². The first-order chi connectivity index (χ1) is 12.6. The molecule has 2 aromatic carbocycles. The van der Waals surface area contributed by atoms with E-state index in [1.54, 1.807) is 24.3 Å². The number of hydrogen-bond acceptors (Lipinski definition) is 6. The van der Waals surface area contributed by atoms with Crippen molar-refractivity contribution in [2.24, 2.45) is 0 Å². The number of aromatic nitrogens is 2. The van der Waals surface area contributed by atoms with E-state index in [0.717, 1.165) is 11.3 Å². The molecule has 0 spiro atoms. The summed E-state index contributed by atoms with van der Waals surface area (Å²) in [6.07, 6.45) is 0. The summed E-state index contributed by atoms with van der Waals surface area (Å²) in [5.74, 6) is 0.0999. The summed E-state index contributed by atoms with van der Waals surface area (Å²) in [6, 6.07) is 18.9. The molecule has 3 aromatic rings. The van der Waals surface area contributed by atoms with Crippen molar-refractivity contribution in [3.8, 4) is 11.3 Å². The van der Waals surface area contributed by atoms with Crippen molar-refractivity contribution in [1.82, 2.24) is 10.2 Å². The van der Waals surface area contributed by atoms with Crippen LogP contribution in [0.5, 0.6) is 0 Å². The lowest BCUT2D eigenvalue weighted by molar-refractivity contribution is -0.384. The molecule has 1 amide bonds. The third kappa shape index (κ3) is 4.64. The smallest absolute Gasteiger partial charge is 0.269 e. The molecule has 130 valence electrons. The molecule has 7 nitrogen and oxygen atoms in total. The average Bonchev–Trinajstić information content (AvgIpc) is 2.68. The van der Waals surface area contributed by atoms with Crippen LogP contribution in [0.2, 0.25) is 0 Å². The van der Waals surface area contributed by atoms with Gasteiger partial charge in [-0.2, -0.15) is 0 Å². The van der Waals surface area contributed by atoms with Gasteiger partial charge in [0.1, 0.15) is 5.03 Å². The largest absolute Gasteiger partial charge is 0.325 e. The number of benzene rings is 2. The van der Waals surface area contributed by atoms with Gasteiger partial charge in [-0.3, -0.25) is 14.9 Å². The number of nitrogens with zero attached hydrogens (tertiary/aromatic N) is 3. The summed E-state index contributed by atoms with van der Waals surface area (Å²) in [5.41, 5.74) is 2.12. The fourth-order valence-corrected chi connectivity index (χ4v) is 2.78. The number of non-ortho nitro benzene ring substituents is 1. The highest BCUT2D eigenvalue weighted by molar-refractivity contribution is 7.99. The molecule has 0 aliphatic rings. The zero-order chi connectivity index (χ0) is 18.4. The van der Waals surface area contributed by atoms with Crippen LogP contribution in [0, 0.1) is 10.1 Å². The van der Waals surface area contributed by atoms with Gasteiger partial charge >= 0.3 is 0 Å². The van der Waals surface area contributed by atoms with Gasteiger partial charge in [0.25, 0.3) is 5.69 Å². The summed E-state index contributed by atoms with van der Waals surface area (Å²) in [5, 5.41) is 22.3. The van der Waals surface area contributed by atoms with Gasteiger partial charge < -0.3 is 5.32 Å². The van der Waals surface area contributed by atoms with Crippen LogP contribution in [0.4, 0.5) is 11.4 Å². The third-order valence-electron chi connectivity index (χ3n) is 3.42. The first-order valence-electron chi connectivity index (χ1n) is 7.68. The first kappa shape index (κ1) is 17.6. The second-order valence-electron chi connectivity index (χ2n) is 5.26. The zero-order valence-corrected chi connectivity index (χ0v) is 14.3. The van der Waals surface area contributed by atoms with Crippen LogP contribution in [0.25, 0.3) is 11.3 Å². The third-order valence-corrected chi connectivity index (χ3v) is 4.34. The number of carbonyl (C=O) groups excluding carboxylic acids is 1. The van der Waals surface area contributed by atoms with Crippen molar-refractivity contribution in [2.45, 2.75) is 5.03 Å². The molecule has 1 heterocycles. The van der Waals surface area contributed by atoms with Crippen molar-refractivity contribution >= 4 is 29.0 Å². The molecule has 0 radical (unpaired) electrons. The van der Waals surface area contributed by atoms with E-state index in [-0.39, 0.29) is 17.3 Å². The Labute approximate surface area is 153 Å². The minimum Gasteiger partial charge on any atom is -0.325 e. The van der Waals surface area contributed by atoms with Crippen LogP contribution in [0.3, 0.4) is 0 Å². The van der Waals surface area contributed by atoms with Gasteiger partial charge in [-0.1, -0.05) is 30.0 Å². The standard InChI is InChI=1S/C18H14N4O3S/c23-17(19-14-4-2-1-3-5-14)12-26-18-11-10-16(20-21-18)13-6-8-15(9-7-13)22(24)25/h1-11H,12H2,(H,19,23). The number of amides is 1. The van der Waals surface area contributed by atoms with Gasteiger partial charge in [-0.25, -0.2) is 0 Å². The number of thioether (sulfide) groups is 1. The van der Waals surface area contributed by atoms with Gasteiger partial charge in [-0.05, 0) is 36.4 Å². The van der Waals surface area contributed by atoms with Gasteiger partial charge in [0.2, 0.25) is 5.91 Å². The van der Waals surface area contributed by atoms with Crippen LogP contribution < -0.4 is 5.32 Å². The maximum absolute atomic E-state index is 11.9. The van der Waals surface area contributed by atoms with Gasteiger partial charge in [-0.15, -0.1) is 10.2 Å². The summed E-state index contributed by atoms with van der Waals surface area (Å²) in [6.45, 7) is 0. The lowest BCUT2D eigenvalue weighted by atomic mass is 10.1. The highest BCUT2D eigenvalue weighted by Crippen LogP contribution is 2.22. The molecule has 1 aromatic heterocycles. The van der Waals surface area contributed by atoms with Crippen molar-refractivity contribution in [1.29, 1.82) is 0 Å². The van der Waals surface area contributed by atoms with Crippen molar-refractivity contribution in [2.75, 3.05) is 11.1 Å². The predicted molar refractivity (Wildman–Crippen MR) is 99.9 cm³/mol. The van der Waals surface area contributed by atoms with Gasteiger partial charge in [0.05, 0.1) is 16.4 Å². The van der Waals surface area contributed by atoms with Crippen LogP contribution in [-0.4, -0.2) is 26.8 Å². The lowest BCUT2D eigenvalue weighted by Crippen LogP contribution is -2.13. The Kier molecular flexibility index (Phi) is 5.55. The number of nitro benzene ring substituents is 1. The van der Waals surface area contributed by atoms with E-state index in [1.165, 1.54) is 23.9 Å². The minimum absolute atomic E-state index is 0.0262. The van der Waals surface area contributed by atoms with E-state index in [4.69, 9.17) is 0 Å². The molecule has 0 saturated heterocycles. The highest BCUT2D eigenvalue weighted by Gasteiger charge is 2.08. The Morgan fingerprint density at radius 3 is 2.35 bits per heavy atom. The number of nitro groups is 1. The summed E-state index contributed by atoms with van der Waals surface area (Å²) >= 11 is 1.28. The van der Waals surface area contributed by atoms with Crippen molar-refractivity contribution in [3.63, 3.8) is 0 Å². The lowest BCUT2D eigenvalue weighted by Gasteiger charge is -2.05. The average molecular weight is 366 g/mol. The summed E-state index contributed by atoms with van der Waals surface area (Å²) in [4.78, 5) is 22.2. The molecule has 0 atom stereocenters. The number of para-hydroxylation sites is 1. The first-order valence-corrected chi connectivity index (χ1v) is 8.66. The number of nitrogens with one attached hydrogen (secondary N) is 1. The normalized spacial score (nSPS) is 10.3. The van der Waals surface area contributed by atoms with E-state index in [1.807, 2.05) is 30.3 Å². The Morgan fingerprint density at radius 2 is 1.73 bits per heavy atom. The Bertz CT molecular complexity index is 900. The Balaban J connectivity index is 1.57. The minimum atomic E-state index is -0.449. The van der Waals surface area contributed by atoms with Crippen LogP contribution in [-0.2, 0) is 4.79 Å². The molecule has 0 saturated carbocycles. The zero-order valence-electron chi connectivity index (χ0n) is 13.5. The fourth-order valence-electron chi connectivity index (χ4n) is 2.16. The molecule has 0 fully saturated rings. The summed E-state index contributed by atoms with van der Waals surface area (Å²) < 4.78 is 0. The van der Waals surface area contributed by atoms with E-state index in [0.29, 0.717) is 10.7 Å². The molecule has 0 aliphatic heterocycles. The fraction of sp³-hybridized carbons (Fsp3) is 0.0556. The molecule has 0 unspecified atom stereocenters. The number of carbonyl (C=O) groups is 1. The van der Waals surface area contributed by atoms with Crippen LogP contribution in [0.15, 0.2) is 71.8 Å². The van der Waals surface area contributed by atoms with E-state index in [9.17, 15) is 14.9 Å². The van der Waals surface area contributed by atoms with Gasteiger partial charge in [0, 0.05) is 23.4 Å². The van der Waals surface area contributed by atoms with Crippen molar-refractivity contribution < 1.29 is 9.72 Å². The summed E-state index contributed by atoms with van der Waals surface area (Å²) in [7, 11) is 0. The Hall–Kier alpha value is -3.26. The molecule has 1 N–H and O–H groups in total. The van der Waals surface area contributed by atoms with Gasteiger partial charge in [0.15, 0.2) is 0 Å². The quantitative estimate of drug-likeness (QED) is 0.405. The van der Waals surface area contributed by atoms with Crippen LogP contribution in [0.1, 0.15) is 0 Å². The second-order valence-corrected chi connectivity index (χ2v) is 6.26. The molecular weight excluding hydrogens is 352 g/mol. The monoisotopic (exact) mass is 366 g/mol. The highest BCUT2D eigenvalue weighted by atomic mass is 32.2. The predicted octanol–water partition coefficient (Wildman–Crippen LogP) is 3.78. The molecule has 0 aliphatic carbocycles.